The maximum absolute atomic E-state index is 12.2. The summed E-state index contributed by atoms with van der Waals surface area (Å²) >= 11 is 5.68. The second kappa shape index (κ2) is 5.39. The Morgan fingerprint density at radius 1 is 1.56 bits per heavy atom. The lowest BCUT2D eigenvalue weighted by molar-refractivity contribution is -0.402. The highest BCUT2D eigenvalue weighted by Gasteiger charge is 2.31. The van der Waals surface area contributed by atoms with Gasteiger partial charge in [-0.25, -0.2) is 0 Å². The molecule has 1 amide bonds. The predicted octanol–water partition coefficient (Wildman–Crippen LogP) is 2.42. The summed E-state index contributed by atoms with van der Waals surface area (Å²) in [7, 11) is 0. The van der Waals surface area contributed by atoms with E-state index in [0.717, 1.165) is 19.3 Å². The van der Waals surface area contributed by atoms with E-state index in [2.05, 4.69) is 0 Å². The number of amides is 1. The van der Waals surface area contributed by atoms with Crippen molar-refractivity contribution in [2.75, 3.05) is 12.4 Å². The first-order chi connectivity index (χ1) is 8.63. The third-order valence-electron chi connectivity index (χ3n) is 3.08. The molecule has 0 bridgehead atoms. The summed E-state index contributed by atoms with van der Waals surface area (Å²) in [6.07, 6.45) is 2.99. The molecule has 0 radical (unpaired) electrons. The number of furan rings is 1. The van der Waals surface area contributed by atoms with Gasteiger partial charge in [0, 0.05) is 18.5 Å². The average molecular weight is 273 g/mol. The molecule has 1 aliphatic carbocycles. The molecule has 1 fully saturated rings. The third-order valence-corrected chi connectivity index (χ3v) is 3.25. The second-order valence-corrected chi connectivity index (χ2v) is 4.55. The number of nitro groups is 1. The van der Waals surface area contributed by atoms with E-state index >= 15 is 0 Å². The van der Waals surface area contributed by atoms with Gasteiger partial charge in [-0.3, -0.25) is 14.9 Å². The van der Waals surface area contributed by atoms with Crippen LogP contribution in [0.5, 0.6) is 0 Å². The van der Waals surface area contributed by atoms with E-state index in [9.17, 15) is 14.9 Å². The molecule has 0 N–H and O–H groups in total. The van der Waals surface area contributed by atoms with Crippen LogP contribution in [-0.2, 0) is 0 Å². The summed E-state index contributed by atoms with van der Waals surface area (Å²) in [6, 6.07) is 2.70. The molecule has 6 nitrogen and oxygen atoms in total. The smallest absolute Gasteiger partial charge is 0.395 e. The van der Waals surface area contributed by atoms with Crippen molar-refractivity contribution in [2.45, 2.75) is 25.3 Å². The average Bonchev–Trinajstić information content (AvgIpc) is 2.74. The van der Waals surface area contributed by atoms with E-state index in [1.807, 2.05) is 0 Å². The van der Waals surface area contributed by atoms with Crippen molar-refractivity contribution in [1.29, 1.82) is 0 Å². The van der Waals surface area contributed by atoms with Gasteiger partial charge in [-0.05, 0) is 25.3 Å². The van der Waals surface area contributed by atoms with Gasteiger partial charge < -0.3 is 9.32 Å². The maximum Gasteiger partial charge on any atom is 0.433 e. The highest BCUT2D eigenvalue weighted by Crippen LogP contribution is 2.27. The number of carbonyl (C=O) groups excluding carboxylic acids is 1. The quantitative estimate of drug-likeness (QED) is 0.468. The lowest BCUT2D eigenvalue weighted by Crippen LogP contribution is -2.45. The molecule has 0 atom stereocenters. The minimum atomic E-state index is -0.661. The van der Waals surface area contributed by atoms with Gasteiger partial charge in [0.1, 0.15) is 4.92 Å². The molecule has 1 aromatic rings. The number of alkyl halides is 1. The van der Waals surface area contributed by atoms with E-state index in [1.54, 1.807) is 4.90 Å². The van der Waals surface area contributed by atoms with E-state index in [0.29, 0.717) is 12.4 Å². The van der Waals surface area contributed by atoms with Crippen molar-refractivity contribution in [3.8, 4) is 0 Å². The van der Waals surface area contributed by atoms with Gasteiger partial charge in [0.15, 0.2) is 5.76 Å². The van der Waals surface area contributed by atoms with Crippen LogP contribution in [0.15, 0.2) is 16.5 Å². The first-order valence-corrected chi connectivity index (χ1v) is 6.28. The molecule has 0 aromatic carbocycles. The van der Waals surface area contributed by atoms with Crippen LogP contribution in [-0.4, -0.2) is 34.2 Å². The van der Waals surface area contributed by atoms with Gasteiger partial charge in [0.25, 0.3) is 5.91 Å². The number of halogens is 1. The molecule has 18 heavy (non-hydrogen) atoms. The van der Waals surface area contributed by atoms with Crippen LogP contribution in [0.1, 0.15) is 29.8 Å². The van der Waals surface area contributed by atoms with Crippen LogP contribution in [0.2, 0.25) is 0 Å². The van der Waals surface area contributed by atoms with Gasteiger partial charge in [0.2, 0.25) is 0 Å². The van der Waals surface area contributed by atoms with E-state index < -0.39 is 10.8 Å². The van der Waals surface area contributed by atoms with Crippen LogP contribution >= 0.6 is 11.6 Å². The molecule has 2 rings (SSSR count). The molecule has 0 unspecified atom stereocenters. The van der Waals surface area contributed by atoms with Crippen LogP contribution in [0.4, 0.5) is 5.88 Å². The second-order valence-electron chi connectivity index (χ2n) is 4.17. The van der Waals surface area contributed by atoms with Crippen LogP contribution in [0.25, 0.3) is 0 Å². The van der Waals surface area contributed by atoms with Gasteiger partial charge in [-0.1, -0.05) is 0 Å². The lowest BCUT2D eigenvalue weighted by Gasteiger charge is -2.36. The number of hydrogen-bond donors (Lipinski definition) is 0. The minimum Gasteiger partial charge on any atom is -0.395 e. The molecule has 1 saturated carbocycles. The largest absolute Gasteiger partial charge is 0.433 e. The van der Waals surface area contributed by atoms with Crippen molar-refractivity contribution in [1.82, 2.24) is 4.90 Å². The van der Waals surface area contributed by atoms with Gasteiger partial charge in [-0.15, -0.1) is 11.6 Å². The van der Waals surface area contributed by atoms with Crippen molar-refractivity contribution in [3.63, 3.8) is 0 Å². The Morgan fingerprint density at radius 2 is 2.28 bits per heavy atom. The molecular formula is C11H13ClN2O4. The zero-order valence-electron chi connectivity index (χ0n) is 9.67. The fraction of sp³-hybridized carbons (Fsp3) is 0.545. The summed E-state index contributed by atoms with van der Waals surface area (Å²) < 4.78 is 4.92. The van der Waals surface area contributed by atoms with Gasteiger partial charge >= 0.3 is 5.88 Å². The molecule has 1 heterocycles. The fourth-order valence-corrected chi connectivity index (χ4v) is 2.10. The fourth-order valence-electron chi connectivity index (χ4n) is 1.92. The van der Waals surface area contributed by atoms with Crippen molar-refractivity contribution < 1.29 is 14.1 Å². The Labute approximate surface area is 109 Å². The molecule has 98 valence electrons. The van der Waals surface area contributed by atoms with E-state index in [-0.39, 0.29) is 17.7 Å². The summed E-state index contributed by atoms with van der Waals surface area (Å²) in [4.78, 5) is 23.6. The minimum absolute atomic E-state index is 0.00119. The summed E-state index contributed by atoms with van der Waals surface area (Å²) in [6.45, 7) is 0.430. The summed E-state index contributed by atoms with van der Waals surface area (Å²) in [5.74, 6) is -0.407. The molecule has 0 saturated heterocycles. The maximum atomic E-state index is 12.2. The standard InChI is InChI=1S/C11H13ClN2O4/c12-6-7-13(8-2-1-3-8)11(15)9-4-5-10(18-9)14(16)17/h4-5,8H,1-3,6-7H2. The number of hydrogen-bond acceptors (Lipinski definition) is 4. The zero-order chi connectivity index (χ0) is 13.1. The third kappa shape index (κ3) is 2.48. The highest BCUT2D eigenvalue weighted by atomic mass is 35.5. The topological polar surface area (TPSA) is 76.6 Å². The molecule has 1 aliphatic rings. The summed E-state index contributed by atoms with van der Waals surface area (Å²) in [5, 5.41) is 10.5. The van der Waals surface area contributed by atoms with Crippen LogP contribution < -0.4 is 0 Å². The Balaban J connectivity index is 2.13. The highest BCUT2D eigenvalue weighted by molar-refractivity contribution is 6.18. The normalized spacial score (nSPS) is 15.2. The Hall–Kier alpha value is -1.56. The Bertz CT molecular complexity index is 456. The number of nitrogens with zero attached hydrogens (tertiary/aromatic N) is 2. The first kappa shape index (κ1) is 12.9. The van der Waals surface area contributed by atoms with Crippen molar-refractivity contribution in [3.05, 3.63) is 28.0 Å². The molecule has 0 spiro atoms. The molecule has 1 aromatic heterocycles. The monoisotopic (exact) mass is 272 g/mol. The first-order valence-electron chi connectivity index (χ1n) is 5.74. The Kier molecular flexibility index (Phi) is 3.86. The van der Waals surface area contributed by atoms with Crippen molar-refractivity contribution in [2.24, 2.45) is 0 Å². The van der Waals surface area contributed by atoms with E-state index in [1.165, 1.54) is 12.1 Å². The van der Waals surface area contributed by atoms with E-state index in [4.69, 9.17) is 16.0 Å². The SMILES string of the molecule is O=C(c1ccc([N+](=O)[O-])o1)N(CCCl)C1CCC1. The summed E-state index contributed by atoms with van der Waals surface area (Å²) in [5.41, 5.74) is 0. The number of rotatable bonds is 5. The van der Waals surface area contributed by atoms with Crippen LogP contribution in [0, 0.1) is 10.1 Å². The van der Waals surface area contributed by atoms with Gasteiger partial charge in [-0.2, -0.15) is 0 Å². The van der Waals surface area contributed by atoms with Crippen LogP contribution in [0.3, 0.4) is 0 Å². The molecule has 7 heteroatoms. The molecular weight excluding hydrogens is 260 g/mol. The lowest BCUT2D eigenvalue weighted by atomic mass is 9.91. The van der Waals surface area contributed by atoms with Crippen molar-refractivity contribution >= 4 is 23.4 Å². The number of carbonyl (C=O) groups is 1. The van der Waals surface area contributed by atoms with Gasteiger partial charge in [0.05, 0.1) is 6.07 Å². The Morgan fingerprint density at radius 3 is 2.72 bits per heavy atom. The molecule has 0 aliphatic heterocycles. The zero-order valence-corrected chi connectivity index (χ0v) is 10.4. The predicted molar refractivity (Wildman–Crippen MR) is 64.8 cm³/mol.